The standard InChI is InChI=1S/C12H12N2O2/c15-10-12(6-3-7-12)11(16)14-9-5-2-1-4-8(9)13-10/h1-2,4-5H,3,6-7H2,(H,13,15)(H,14,16). The molecule has 82 valence electrons. The smallest absolute Gasteiger partial charge is 0.240 e. The van der Waals surface area contributed by atoms with Crippen LogP contribution in [-0.4, -0.2) is 11.8 Å². The maximum atomic E-state index is 12.0. The van der Waals surface area contributed by atoms with Gasteiger partial charge in [-0.1, -0.05) is 18.6 Å². The molecular weight excluding hydrogens is 204 g/mol. The third kappa shape index (κ3) is 1.10. The molecule has 1 fully saturated rings. The van der Waals surface area contributed by atoms with Crippen molar-refractivity contribution in [3.05, 3.63) is 24.3 Å². The van der Waals surface area contributed by atoms with Gasteiger partial charge in [-0.2, -0.15) is 0 Å². The molecule has 4 nitrogen and oxygen atoms in total. The van der Waals surface area contributed by atoms with Gasteiger partial charge in [-0.3, -0.25) is 9.59 Å². The number of para-hydroxylation sites is 2. The minimum absolute atomic E-state index is 0.166. The quantitative estimate of drug-likeness (QED) is 0.649. The molecule has 1 saturated carbocycles. The number of benzene rings is 1. The Bertz CT molecular complexity index is 439. The molecule has 1 aromatic rings. The van der Waals surface area contributed by atoms with Crippen LogP contribution in [0.4, 0.5) is 11.4 Å². The lowest BCUT2D eigenvalue weighted by Crippen LogP contribution is -2.49. The lowest BCUT2D eigenvalue weighted by molar-refractivity contribution is -0.142. The van der Waals surface area contributed by atoms with Gasteiger partial charge >= 0.3 is 0 Å². The highest BCUT2D eigenvalue weighted by Crippen LogP contribution is 2.45. The number of hydrogen-bond acceptors (Lipinski definition) is 2. The van der Waals surface area contributed by atoms with Gasteiger partial charge in [-0.25, -0.2) is 0 Å². The van der Waals surface area contributed by atoms with E-state index in [-0.39, 0.29) is 11.8 Å². The van der Waals surface area contributed by atoms with Gasteiger partial charge in [-0.05, 0) is 25.0 Å². The molecule has 0 radical (unpaired) electrons. The number of fused-ring (bicyclic) bond motifs is 1. The summed E-state index contributed by atoms with van der Waals surface area (Å²) in [5, 5.41) is 5.65. The van der Waals surface area contributed by atoms with Gasteiger partial charge in [0.25, 0.3) is 0 Å². The van der Waals surface area contributed by atoms with Crippen LogP contribution in [0.5, 0.6) is 0 Å². The summed E-state index contributed by atoms with van der Waals surface area (Å²) >= 11 is 0. The third-order valence-electron chi connectivity index (χ3n) is 3.50. The second kappa shape index (κ2) is 3.07. The monoisotopic (exact) mass is 216 g/mol. The zero-order valence-corrected chi connectivity index (χ0v) is 8.75. The Balaban J connectivity index is 2.05. The summed E-state index contributed by atoms with van der Waals surface area (Å²) in [5.41, 5.74) is 0.549. The molecule has 4 heteroatoms. The first-order chi connectivity index (χ1) is 7.72. The Labute approximate surface area is 93.0 Å². The molecule has 1 heterocycles. The summed E-state index contributed by atoms with van der Waals surface area (Å²) in [6.45, 7) is 0. The van der Waals surface area contributed by atoms with Crippen molar-refractivity contribution in [2.75, 3.05) is 10.6 Å². The highest BCUT2D eigenvalue weighted by atomic mass is 16.2. The van der Waals surface area contributed by atoms with Gasteiger partial charge in [-0.15, -0.1) is 0 Å². The molecule has 2 aliphatic rings. The van der Waals surface area contributed by atoms with Crippen molar-refractivity contribution in [1.29, 1.82) is 0 Å². The first-order valence-electron chi connectivity index (χ1n) is 5.44. The number of rotatable bonds is 0. The molecule has 2 amide bonds. The van der Waals surface area contributed by atoms with E-state index in [4.69, 9.17) is 0 Å². The van der Waals surface area contributed by atoms with Crippen LogP contribution in [0.15, 0.2) is 24.3 Å². The van der Waals surface area contributed by atoms with Crippen LogP contribution in [0.3, 0.4) is 0 Å². The van der Waals surface area contributed by atoms with Crippen molar-refractivity contribution in [1.82, 2.24) is 0 Å². The van der Waals surface area contributed by atoms with Crippen LogP contribution in [-0.2, 0) is 9.59 Å². The van der Waals surface area contributed by atoms with Gasteiger partial charge < -0.3 is 10.6 Å². The molecule has 1 aliphatic carbocycles. The van der Waals surface area contributed by atoms with Crippen LogP contribution < -0.4 is 10.6 Å². The van der Waals surface area contributed by atoms with Gasteiger partial charge in [0.15, 0.2) is 0 Å². The van der Waals surface area contributed by atoms with E-state index in [1.807, 2.05) is 12.1 Å². The number of hydrogen-bond donors (Lipinski definition) is 2. The fourth-order valence-corrected chi connectivity index (χ4v) is 2.27. The Morgan fingerprint density at radius 2 is 1.44 bits per heavy atom. The van der Waals surface area contributed by atoms with Crippen LogP contribution in [0.1, 0.15) is 19.3 Å². The average Bonchev–Trinajstić information content (AvgIpc) is 2.29. The van der Waals surface area contributed by atoms with E-state index in [1.54, 1.807) is 12.1 Å². The fourth-order valence-electron chi connectivity index (χ4n) is 2.27. The minimum atomic E-state index is -0.820. The highest BCUT2D eigenvalue weighted by Gasteiger charge is 2.52. The van der Waals surface area contributed by atoms with E-state index in [9.17, 15) is 9.59 Å². The lowest BCUT2D eigenvalue weighted by Gasteiger charge is -2.36. The Kier molecular flexibility index (Phi) is 1.80. The van der Waals surface area contributed by atoms with E-state index < -0.39 is 5.41 Å². The zero-order chi connectivity index (χ0) is 11.2. The fraction of sp³-hybridized carbons (Fsp3) is 0.333. The van der Waals surface area contributed by atoms with E-state index in [1.165, 1.54) is 0 Å². The van der Waals surface area contributed by atoms with Crippen LogP contribution in [0.25, 0.3) is 0 Å². The molecule has 1 spiro atoms. The van der Waals surface area contributed by atoms with Crippen molar-refractivity contribution in [2.45, 2.75) is 19.3 Å². The Hall–Kier alpha value is -1.84. The summed E-state index contributed by atoms with van der Waals surface area (Å²) in [5.74, 6) is -0.331. The minimum Gasteiger partial charge on any atom is -0.323 e. The maximum absolute atomic E-state index is 12.0. The molecule has 16 heavy (non-hydrogen) atoms. The topological polar surface area (TPSA) is 58.2 Å². The van der Waals surface area contributed by atoms with Gasteiger partial charge in [0.2, 0.25) is 11.8 Å². The zero-order valence-electron chi connectivity index (χ0n) is 8.75. The van der Waals surface area contributed by atoms with E-state index in [0.29, 0.717) is 24.2 Å². The molecule has 2 N–H and O–H groups in total. The molecule has 0 saturated heterocycles. The predicted molar refractivity (Wildman–Crippen MR) is 60.0 cm³/mol. The molecule has 1 aliphatic heterocycles. The largest absolute Gasteiger partial charge is 0.323 e. The van der Waals surface area contributed by atoms with E-state index >= 15 is 0 Å². The maximum Gasteiger partial charge on any atom is 0.240 e. The van der Waals surface area contributed by atoms with E-state index in [2.05, 4.69) is 10.6 Å². The molecule has 0 bridgehead atoms. The molecule has 3 rings (SSSR count). The number of carbonyl (C=O) groups excluding carboxylic acids is 2. The molecule has 0 atom stereocenters. The second-order valence-corrected chi connectivity index (χ2v) is 4.39. The van der Waals surface area contributed by atoms with Crippen molar-refractivity contribution >= 4 is 23.2 Å². The van der Waals surface area contributed by atoms with E-state index in [0.717, 1.165) is 6.42 Å². The SMILES string of the molecule is O=C1Nc2ccccc2NC(=O)C12CCC2. The predicted octanol–water partition coefficient (Wildman–Crippen LogP) is 1.75. The van der Waals surface area contributed by atoms with Crippen LogP contribution >= 0.6 is 0 Å². The third-order valence-corrected chi connectivity index (χ3v) is 3.50. The lowest BCUT2D eigenvalue weighted by atomic mass is 9.67. The van der Waals surface area contributed by atoms with Crippen molar-refractivity contribution < 1.29 is 9.59 Å². The summed E-state index contributed by atoms with van der Waals surface area (Å²) in [4.78, 5) is 24.0. The first kappa shape index (κ1) is 9.39. The Morgan fingerprint density at radius 3 is 1.81 bits per heavy atom. The number of nitrogens with one attached hydrogen (secondary N) is 2. The van der Waals surface area contributed by atoms with Crippen molar-refractivity contribution in [3.8, 4) is 0 Å². The van der Waals surface area contributed by atoms with Crippen LogP contribution in [0, 0.1) is 5.41 Å². The normalized spacial score (nSPS) is 21.5. The summed E-state index contributed by atoms with van der Waals surface area (Å²) < 4.78 is 0. The van der Waals surface area contributed by atoms with Gasteiger partial charge in [0.05, 0.1) is 11.4 Å². The van der Waals surface area contributed by atoms with Crippen molar-refractivity contribution in [2.24, 2.45) is 5.41 Å². The summed E-state index contributed by atoms with van der Waals surface area (Å²) in [7, 11) is 0. The second-order valence-electron chi connectivity index (χ2n) is 4.39. The highest BCUT2D eigenvalue weighted by molar-refractivity contribution is 6.19. The average molecular weight is 216 g/mol. The molecular formula is C12H12N2O2. The molecule has 0 unspecified atom stereocenters. The van der Waals surface area contributed by atoms with Crippen molar-refractivity contribution in [3.63, 3.8) is 0 Å². The number of anilines is 2. The first-order valence-corrected chi connectivity index (χ1v) is 5.44. The summed E-state index contributed by atoms with van der Waals surface area (Å²) in [6.07, 6.45) is 2.24. The van der Waals surface area contributed by atoms with Crippen LogP contribution in [0.2, 0.25) is 0 Å². The number of amides is 2. The summed E-state index contributed by atoms with van der Waals surface area (Å²) in [6, 6.07) is 7.27. The molecule has 0 aromatic heterocycles. The van der Waals surface area contributed by atoms with Gasteiger partial charge in [0.1, 0.15) is 5.41 Å². The molecule has 1 aromatic carbocycles. The Morgan fingerprint density at radius 1 is 0.938 bits per heavy atom. The van der Waals surface area contributed by atoms with Gasteiger partial charge in [0, 0.05) is 0 Å². The number of carbonyl (C=O) groups is 2.